The van der Waals surface area contributed by atoms with Gasteiger partial charge in [0, 0.05) is 17.4 Å². The third-order valence-electron chi connectivity index (χ3n) is 5.31. The van der Waals surface area contributed by atoms with Gasteiger partial charge in [-0.1, -0.05) is 65.3 Å². The fourth-order valence-electron chi connectivity index (χ4n) is 3.49. The number of hydrogen-bond donors (Lipinski definition) is 1. The number of nitrogens with two attached hydrogens (primary N) is 1. The van der Waals surface area contributed by atoms with Crippen molar-refractivity contribution in [1.29, 1.82) is 0 Å². The van der Waals surface area contributed by atoms with Gasteiger partial charge in [-0.3, -0.25) is 0 Å². The molecular formula is C26H21Cl2F3N6OS. The molecule has 0 saturated carbocycles. The van der Waals surface area contributed by atoms with E-state index in [4.69, 9.17) is 28.9 Å². The molecule has 0 spiro atoms. The Morgan fingerprint density at radius 2 is 1.72 bits per heavy atom. The van der Waals surface area contributed by atoms with Gasteiger partial charge in [0.25, 0.3) is 0 Å². The Labute approximate surface area is 236 Å². The second-order valence-electron chi connectivity index (χ2n) is 8.15. The van der Waals surface area contributed by atoms with Crippen LogP contribution >= 0.6 is 35.0 Å². The van der Waals surface area contributed by atoms with Crippen LogP contribution in [0.25, 0.3) is 0 Å². The van der Waals surface area contributed by atoms with Gasteiger partial charge in [0.05, 0.1) is 27.6 Å². The first kappa shape index (κ1) is 28.5. The average Bonchev–Trinajstić information content (AvgIpc) is 3.24. The van der Waals surface area contributed by atoms with Gasteiger partial charge in [-0.15, -0.1) is 18.3 Å². The van der Waals surface area contributed by atoms with Crippen molar-refractivity contribution in [3.63, 3.8) is 0 Å². The first-order valence-electron chi connectivity index (χ1n) is 11.4. The molecule has 1 aliphatic heterocycles. The van der Waals surface area contributed by atoms with Crippen molar-refractivity contribution in [3.8, 4) is 5.75 Å². The van der Waals surface area contributed by atoms with Gasteiger partial charge in [-0.05, 0) is 48.9 Å². The lowest BCUT2D eigenvalue weighted by Crippen LogP contribution is -2.31. The summed E-state index contributed by atoms with van der Waals surface area (Å²) in [5.41, 5.74) is 8.57. The summed E-state index contributed by atoms with van der Waals surface area (Å²) in [5, 5.41) is 10.4. The summed E-state index contributed by atoms with van der Waals surface area (Å²) in [5.74, 6) is 0.700. The van der Waals surface area contributed by atoms with Crippen LogP contribution in [0.1, 0.15) is 18.1 Å². The van der Waals surface area contributed by atoms with Crippen LogP contribution < -0.4 is 15.4 Å². The molecule has 1 fully saturated rings. The van der Waals surface area contributed by atoms with Crippen LogP contribution in [0.4, 0.5) is 24.5 Å². The van der Waals surface area contributed by atoms with E-state index in [2.05, 4.69) is 31.8 Å². The van der Waals surface area contributed by atoms with Gasteiger partial charge < -0.3 is 15.4 Å². The quantitative estimate of drug-likeness (QED) is 0.177. The van der Waals surface area contributed by atoms with E-state index >= 15 is 0 Å². The summed E-state index contributed by atoms with van der Waals surface area (Å²) in [6.07, 6.45) is -1.91. The smallest absolute Gasteiger partial charge is 0.406 e. The van der Waals surface area contributed by atoms with Crippen LogP contribution in [-0.2, 0) is 0 Å². The standard InChI is InChI=1S/C26H21Cl2F3N6OS/c1-16-14-39-25(37(16)23-21(27)3-2-4-22(23)28)36-35-13-17-5-7-18(8-6-17)24(32)34-15-33-19-9-11-20(12-10-19)38-26(29,30)31/h2-13,15-16H,14H2,1H3,(H2,32,33,34)/b35-13-,36-25+. The number of benzene rings is 3. The van der Waals surface area contributed by atoms with Crippen LogP contribution in [0.15, 0.2) is 86.9 Å². The Hall–Kier alpha value is -3.54. The van der Waals surface area contributed by atoms with Gasteiger partial charge in [0.1, 0.15) is 17.9 Å². The first-order chi connectivity index (χ1) is 18.6. The van der Waals surface area contributed by atoms with E-state index in [9.17, 15) is 13.2 Å². The lowest BCUT2D eigenvalue weighted by molar-refractivity contribution is -0.274. The summed E-state index contributed by atoms with van der Waals surface area (Å²) in [7, 11) is 0. The maximum atomic E-state index is 12.2. The topological polar surface area (TPSA) is 87.9 Å². The largest absolute Gasteiger partial charge is 0.573 e. The van der Waals surface area contributed by atoms with Gasteiger partial charge in [0.15, 0.2) is 5.17 Å². The number of alkyl halides is 3. The Balaban J connectivity index is 1.39. The van der Waals surface area contributed by atoms with Crippen molar-refractivity contribution >= 4 is 69.9 Å². The van der Waals surface area contributed by atoms with Crippen molar-refractivity contribution in [2.75, 3.05) is 10.7 Å². The predicted molar refractivity (Wildman–Crippen MR) is 154 cm³/mol. The molecule has 39 heavy (non-hydrogen) atoms. The van der Waals surface area contributed by atoms with E-state index in [1.54, 1.807) is 48.3 Å². The van der Waals surface area contributed by atoms with Crippen LogP contribution in [0.3, 0.4) is 0 Å². The minimum Gasteiger partial charge on any atom is -0.406 e. The highest BCUT2D eigenvalue weighted by molar-refractivity contribution is 8.14. The number of halogens is 5. The molecule has 1 atom stereocenters. The normalized spacial score (nSPS) is 17.6. The summed E-state index contributed by atoms with van der Waals surface area (Å²) in [6.45, 7) is 2.07. The molecule has 0 amide bonds. The summed E-state index contributed by atoms with van der Waals surface area (Å²) in [4.78, 5) is 10.1. The molecule has 1 heterocycles. The number of thioether (sulfide) groups is 1. The zero-order valence-corrected chi connectivity index (χ0v) is 22.6. The third kappa shape index (κ3) is 7.75. The Morgan fingerprint density at radius 3 is 2.36 bits per heavy atom. The minimum absolute atomic E-state index is 0.147. The fraction of sp³-hybridized carbons (Fsp3) is 0.154. The van der Waals surface area contributed by atoms with E-state index in [0.717, 1.165) is 23.4 Å². The number of hydrogen-bond acceptors (Lipinski definition) is 5. The number of anilines is 1. The molecule has 2 N–H and O–H groups in total. The third-order valence-corrected chi connectivity index (χ3v) is 7.11. The predicted octanol–water partition coefficient (Wildman–Crippen LogP) is 7.29. The van der Waals surface area contributed by atoms with Gasteiger partial charge in [-0.2, -0.15) is 5.10 Å². The highest BCUT2D eigenvalue weighted by Crippen LogP contribution is 2.39. The van der Waals surface area contributed by atoms with Crippen LogP contribution in [0.5, 0.6) is 5.75 Å². The number of para-hydroxylation sites is 1. The molecule has 7 nitrogen and oxygen atoms in total. The number of ether oxygens (including phenoxy) is 1. The van der Waals surface area contributed by atoms with E-state index in [1.165, 1.54) is 18.5 Å². The number of nitrogens with zero attached hydrogens (tertiary/aromatic N) is 5. The molecule has 0 bridgehead atoms. The number of aliphatic imine (C=N–C) groups is 2. The zero-order chi connectivity index (χ0) is 28.0. The molecular weight excluding hydrogens is 572 g/mol. The van der Waals surface area contributed by atoms with E-state index in [1.807, 2.05) is 17.0 Å². The number of rotatable bonds is 7. The maximum Gasteiger partial charge on any atom is 0.573 e. The lowest BCUT2D eigenvalue weighted by atomic mass is 10.1. The van der Waals surface area contributed by atoms with Crippen molar-refractivity contribution < 1.29 is 17.9 Å². The fourth-order valence-corrected chi connectivity index (χ4v) is 5.13. The van der Waals surface area contributed by atoms with Gasteiger partial charge in [-0.25, -0.2) is 9.98 Å². The van der Waals surface area contributed by atoms with Crippen LogP contribution in [0, 0.1) is 0 Å². The highest BCUT2D eigenvalue weighted by atomic mass is 35.5. The maximum absolute atomic E-state index is 12.2. The van der Waals surface area contributed by atoms with Gasteiger partial charge in [0.2, 0.25) is 0 Å². The SMILES string of the molecule is CC1CS/C(=N/N=C\c2ccc(C(N)=NC=Nc3ccc(OC(F)(F)F)cc3)cc2)N1c1c(Cl)cccc1Cl. The molecule has 3 aromatic carbocycles. The minimum atomic E-state index is -4.75. The Bertz CT molecular complexity index is 1410. The summed E-state index contributed by atoms with van der Waals surface area (Å²) in [6, 6.07) is 17.7. The van der Waals surface area contributed by atoms with Crippen molar-refractivity contribution in [3.05, 3.63) is 87.9 Å². The van der Waals surface area contributed by atoms with Crippen LogP contribution in [0.2, 0.25) is 10.0 Å². The van der Waals surface area contributed by atoms with E-state index in [-0.39, 0.29) is 17.6 Å². The molecule has 1 aliphatic rings. The molecule has 0 radical (unpaired) electrons. The molecule has 1 saturated heterocycles. The average molecular weight is 593 g/mol. The van der Waals surface area contributed by atoms with Crippen LogP contribution in [-0.4, -0.2) is 41.7 Å². The Morgan fingerprint density at radius 1 is 1.05 bits per heavy atom. The second-order valence-corrected chi connectivity index (χ2v) is 9.95. The van der Waals surface area contributed by atoms with Crippen molar-refractivity contribution in [2.24, 2.45) is 25.9 Å². The molecule has 0 aromatic heterocycles. The highest BCUT2D eigenvalue weighted by Gasteiger charge is 2.32. The first-order valence-corrected chi connectivity index (χ1v) is 13.1. The summed E-state index contributed by atoms with van der Waals surface area (Å²) < 4.78 is 40.6. The zero-order valence-electron chi connectivity index (χ0n) is 20.3. The van der Waals surface area contributed by atoms with E-state index < -0.39 is 6.36 Å². The molecule has 0 aliphatic carbocycles. The molecule has 3 aromatic rings. The molecule has 13 heteroatoms. The van der Waals surface area contributed by atoms with Crippen molar-refractivity contribution in [2.45, 2.75) is 19.3 Å². The monoisotopic (exact) mass is 592 g/mol. The lowest BCUT2D eigenvalue weighted by Gasteiger charge is -2.24. The number of amidine groups is 2. The molecule has 1 unspecified atom stereocenters. The molecule has 4 rings (SSSR count). The van der Waals surface area contributed by atoms with Gasteiger partial charge >= 0.3 is 6.36 Å². The van der Waals surface area contributed by atoms with Crippen molar-refractivity contribution in [1.82, 2.24) is 0 Å². The van der Waals surface area contributed by atoms with E-state index in [0.29, 0.717) is 32.2 Å². The Kier molecular flexibility index (Phi) is 9.16. The second kappa shape index (κ2) is 12.5. The summed E-state index contributed by atoms with van der Waals surface area (Å²) >= 11 is 14.4. The molecule has 202 valence electrons.